The van der Waals surface area contributed by atoms with Crippen LogP contribution in [-0.2, 0) is 4.79 Å². The van der Waals surface area contributed by atoms with Gasteiger partial charge in [-0.15, -0.1) is 0 Å². The molecule has 2 aromatic rings. The summed E-state index contributed by atoms with van der Waals surface area (Å²) < 4.78 is 2.01. The second-order valence-electron chi connectivity index (χ2n) is 7.14. The van der Waals surface area contributed by atoms with E-state index in [9.17, 15) is 4.79 Å². The SMILES string of the molecule is CC(C)c1nccc(N2CCC(n3cc(N4CCCC4=O)cn3)C2)n1. The summed E-state index contributed by atoms with van der Waals surface area (Å²) >= 11 is 0. The predicted molar refractivity (Wildman–Crippen MR) is 95.8 cm³/mol. The summed E-state index contributed by atoms with van der Waals surface area (Å²) in [7, 11) is 0. The second kappa shape index (κ2) is 6.46. The second-order valence-corrected chi connectivity index (χ2v) is 7.14. The standard InChI is InChI=1S/C18H24N6O/c1-13(2)18-19-7-5-16(21-18)22-9-6-14(11-22)24-12-15(10-20-24)23-8-3-4-17(23)25/h5,7,10,12-14H,3-4,6,8-9,11H2,1-2H3. The molecule has 2 saturated heterocycles. The molecule has 0 radical (unpaired) electrons. The van der Waals surface area contributed by atoms with Crippen molar-refractivity contribution in [3.63, 3.8) is 0 Å². The highest BCUT2D eigenvalue weighted by atomic mass is 16.2. The van der Waals surface area contributed by atoms with E-state index in [2.05, 4.69) is 28.8 Å². The van der Waals surface area contributed by atoms with Crippen LogP contribution in [0.2, 0.25) is 0 Å². The number of carbonyl (C=O) groups excluding carboxylic acids is 1. The minimum absolute atomic E-state index is 0.204. The maximum absolute atomic E-state index is 11.9. The first-order valence-corrected chi connectivity index (χ1v) is 9.04. The van der Waals surface area contributed by atoms with E-state index >= 15 is 0 Å². The van der Waals surface area contributed by atoms with Gasteiger partial charge in [-0.05, 0) is 18.9 Å². The van der Waals surface area contributed by atoms with Gasteiger partial charge in [0, 0.05) is 44.4 Å². The van der Waals surface area contributed by atoms with Gasteiger partial charge in [0.1, 0.15) is 11.6 Å². The Morgan fingerprint density at radius 3 is 2.92 bits per heavy atom. The summed E-state index contributed by atoms with van der Waals surface area (Å²) in [6, 6.07) is 2.29. The highest BCUT2D eigenvalue weighted by Crippen LogP contribution is 2.28. The van der Waals surface area contributed by atoms with Crippen LogP contribution in [0.4, 0.5) is 11.5 Å². The Bertz CT molecular complexity index is 770. The van der Waals surface area contributed by atoms with Gasteiger partial charge in [-0.1, -0.05) is 13.8 Å². The van der Waals surface area contributed by atoms with Crippen molar-refractivity contribution >= 4 is 17.4 Å². The molecule has 4 heterocycles. The van der Waals surface area contributed by atoms with E-state index in [1.807, 2.05) is 34.2 Å². The Balaban J connectivity index is 1.47. The molecule has 0 aliphatic carbocycles. The monoisotopic (exact) mass is 340 g/mol. The van der Waals surface area contributed by atoms with Crippen LogP contribution in [-0.4, -0.2) is 45.3 Å². The van der Waals surface area contributed by atoms with Crippen molar-refractivity contribution in [2.45, 2.75) is 45.1 Å². The smallest absolute Gasteiger partial charge is 0.227 e. The maximum Gasteiger partial charge on any atom is 0.227 e. The van der Waals surface area contributed by atoms with E-state index in [0.29, 0.717) is 18.4 Å². The molecular weight excluding hydrogens is 316 g/mol. The number of hydrogen-bond donors (Lipinski definition) is 0. The zero-order valence-corrected chi connectivity index (χ0v) is 14.8. The minimum atomic E-state index is 0.204. The van der Waals surface area contributed by atoms with E-state index in [1.165, 1.54) is 0 Å². The summed E-state index contributed by atoms with van der Waals surface area (Å²) in [6.07, 6.45) is 8.28. The lowest BCUT2D eigenvalue weighted by Crippen LogP contribution is -2.23. The van der Waals surface area contributed by atoms with Gasteiger partial charge in [0.15, 0.2) is 0 Å². The lowest BCUT2D eigenvalue weighted by atomic mass is 10.2. The molecule has 25 heavy (non-hydrogen) atoms. The van der Waals surface area contributed by atoms with Crippen molar-refractivity contribution < 1.29 is 4.79 Å². The van der Waals surface area contributed by atoms with Gasteiger partial charge < -0.3 is 9.80 Å². The molecule has 0 bridgehead atoms. The van der Waals surface area contributed by atoms with Crippen molar-refractivity contribution in [2.24, 2.45) is 0 Å². The molecule has 2 aromatic heterocycles. The number of aromatic nitrogens is 4. The number of anilines is 2. The molecule has 4 rings (SSSR count). The van der Waals surface area contributed by atoms with Crippen LogP contribution < -0.4 is 9.80 Å². The van der Waals surface area contributed by atoms with Gasteiger partial charge in [-0.2, -0.15) is 5.10 Å². The molecule has 2 fully saturated rings. The number of amides is 1. The zero-order chi connectivity index (χ0) is 17.4. The first kappa shape index (κ1) is 16.1. The normalized spacial score (nSPS) is 20.9. The molecule has 0 N–H and O–H groups in total. The van der Waals surface area contributed by atoms with Crippen LogP contribution in [0.25, 0.3) is 0 Å². The molecule has 2 aliphatic rings. The highest BCUT2D eigenvalue weighted by molar-refractivity contribution is 5.95. The molecule has 1 amide bonds. The Morgan fingerprint density at radius 1 is 1.28 bits per heavy atom. The Kier molecular flexibility index (Phi) is 4.15. The van der Waals surface area contributed by atoms with Gasteiger partial charge in [-0.25, -0.2) is 9.97 Å². The molecule has 0 aromatic carbocycles. The quantitative estimate of drug-likeness (QED) is 0.855. The van der Waals surface area contributed by atoms with E-state index in [0.717, 1.165) is 49.8 Å². The van der Waals surface area contributed by atoms with Crippen LogP contribution in [0, 0.1) is 0 Å². The summed E-state index contributed by atoms with van der Waals surface area (Å²) in [4.78, 5) is 25.1. The molecular formula is C18H24N6O. The lowest BCUT2D eigenvalue weighted by Gasteiger charge is -2.18. The molecule has 0 saturated carbocycles. The van der Waals surface area contributed by atoms with E-state index in [1.54, 1.807) is 0 Å². The molecule has 7 nitrogen and oxygen atoms in total. The molecule has 1 atom stereocenters. The van der Waals surface area contributed by atoms with Gasteiger partial charge in [0.25, 0.3) is 0 Å². The Hall–Kier alpha value is -2.44. The fourth-order valence-corrected chi connectivity index (χ4v) is 3.57. The topological polar surface area (TPSA) is 67.2 Å². The van der Waals surface area contributed by atoms with Crippen LogP contribution in [0.15, 0.2) is 24.7 Å². The van der Waals surface area contributed by atoms with Crippen LogP contribution in [0.3, 0.4) is 0 Å². The molecule has 1 unspecified atom stereocenters. The van der Waals surface area contributed by atoms with Crippen LogP contribution in [0.1, 0.15) is 50.9 Å². The Labute approximate surface area is 147 Å². The average molecular weight is 340 g/mol. The summed E-state index contributed by atoms with van der Waals surface area (Å²) in [6.45, 7) is 6.86. The zero-order valence-electron chi connectivity index (χ0n) is 14.8. The maximum atomic E-state index is 11.9. The molecule has 0 spiro atoms. The van der Waals surface area contributed by atoms with Crippen molar-refractivity contribution in [3.8, 4) is 0 Å². The minimum Gasteiger partial charge on any atom is -0.354 e. The number of hydrogen-bond acceptors (Lipinski definition) is 5. The number of nitrogens with zero attached hydrogens (tertiary/aromatic N) is 6. The molecule has 2 aliphatic heterocycles. The predicted octanol–water partition coefficient (Wildman–Crippen LogP) is 2.37. The van der Waals surface area contributed by atoms with Crippen molar-refractivity contribution in [1.82, 2.24) is 19.7 Å². The fraction of sp³-hybridized carbons (Fsp3) is 0.556. The third-order valence-corrected chi connectivity index (χ3v) is 5.01. The van der Waals surface area contributed by atoms with E-state index in [-0.39, 0.29) is 5.91 Å². The lowest BCUT2D eigenvalue weighted by molar-refractivity contribution is -0.117. The number of rotatable bonds is 4. The fourth-order valence-electron chi connectivity index (χ4n) is 3.57. The van der Waals surface area contributed by atoms with E-state index < -0.39 is 0 Å². The molecule has 132 valence electrons. The van der Waals surface area contributed by atoms with Crippen molar-refractivity contribution in [1.29, 1.82) is 0 Å². The third kappa shape index (κ3) is 3.10. The van der Waals surface area contributed by atoms with Gasteiger partial charge >= 0.3 is 0 Å². The third-order valence-electron chi connectivity index (χ3n) is 5.01. The average Bonchev–Trinajstić information content (AvgIpc) is 3.34. The summed E-state index contributed by atoms with van der Waals surface area (Å²) in [5.74, 6) is 2.40. The Morgan fingerprint density at radius 2 is 2.16 bits per heavy atom. The first-order chi connectivity index (χ1) is 12.1. The highest BCUT2D eigenvalue weighted by Gasteiger charge is 2.28. The number of carbonyl (C=O) groups is 1. The van der Waals surface area contributed by atoms with Crippen molar-refractivity contribution in [2.75, 3.05) is 29.4 Å². The first-order valence-electron chi connectivity index (χ1n) is 9.04. The van der Waals surface area contributed by atoms with Crippen LogP contribution >= 0.6 is 0 Å². The van der Waals surface area contributed by atoms with Gasteiger partial charge in [0.2, 0.25) is 5.91 Å². The van der Waals surface area contributed by atoms with Crippen LogP contribution in [0.5, 0.6) is 0 Å². The van der Waals surface area contributed by atoms with Crippen molar-refractivity contribution in [3.05, 3.63) is 30.5 Å². The van der Waals surface area contributed by atoms with Gasteiger partial charge in [-0.3, -0.25) is 9.48 Å². The van der Waals surface area contributed by atoms with Gasteiger partial charge in [0.05, 0.1) is 17.9 Å². The summed E-state index contributed by atoms with van der Waals surface area (Å²) in [5.41, 5.74) is 0.921. The van der Waals surface area contributed by atoms with E-state index in [4.69, 9.17) is 4.98 Å². The summed E-state index contributed by atoms with van der Waals surface area (Å²) in [5, 5.41) is 4.51. The molecule has 7 heteroatoms. The largest absolute Gasteiger partial charge is 0.354 e.